The molecule has 1 atom stereocenters. The van der Waals surface area contributed by atoms with Gasteiger partial charge in [-0.2, -0.15) is 0 Å². The minimum atomic E-state index is -1.07. The molecule has 5 rings (SSSR count). The van der Waals surface area contributed by atoms with Crippen molar-refractivity contribution in [3.63, 3.8) is 0 Å². The summed E-state index contributed by atoms with van der Waals surface area (Å²) in [6, 6.07) is 10.9. The molecule has 0 aromatic heterocycles. The number of carbonyl (C=O) groups excluding carboxylic acids is 4. The van der Waals surface area contributed by atoms with Crippen LogP contribution >= 0.6 is 0 Å². The van der Waals surface area contributed by atoms with E-state index < -0.39 is 6.23 Å². The Morgan fingerprint density at radius 2 is 1.69 bits per heavy atom. The monoisotopic (exact) mass is 781 g/mol. The standard InChI is InChI=1S/C48H52N4O6/c1-9-15-35-17-13-19-37-39(35)29-41(53)51(47(37)57)27-25-49(11-3)33(7)23-21-31(5)43-45(55)44(46(43)56)32(6)22-24-34(8)50(12-4)26-28-52-42(54)30-40-36(16-10-2)18-14-20-38(40)48(52)58/h9-10,13-24,29,41,53H,1,6,8,11-12,25-28,30H2,2-5,7H3/p+1/b16-10-,23-21-,24-22-,35-15-,49-33?. The van der Waals surface area contributed by atoms with Gasteiger partial charge in [0.25, 0.3) is 11.8 Å². The van der Waals surface area contributed by atoms with Crippen molar-refractivity contribution in [2.24, 2.45) is 0 Å². The molecular weight excluding hydrogens is 729 g/mol. The number of nitrogens with zero attached hydrogens (tertiary/aromatic N) is 4. The molecule has 10 heteroatoms. The summed E-state index contributed by atoms with van der Waals surface area (Å²) in [7, 11) is 0. The Morgan fingerprint density at radius 1 is 0.966 bits per heavy atom. The van der Waals surface area contributed by atoms with Crippen molar-refractivity contribution in [3.8, 4) is 0 Å². The van der Waals surface area contributed by atoms with Crippen molar-refractivity contribution in [2.45, 2.75) is 47.3 Å². The summed E-state index contributed by atoms with van der Waals surface area (Å²) < 4.78 is 2.07. The van der Waals surface area contributed by atoms with Crippen LogP contribution in [0.4, 0.5) is 0 Å². The largest absolute Gasteiger partial charge is 0.506 e. The van der Waals surface area contributed by atoms with Gasteiger partial charge in [-0.15, -0.1) is 0 Å². The maximum Gasteiger partial charge on any atom is 0.260 e. The molecule has 1 aliphatic carbocycles. The first-order valence-corrected chi connectivity index (χ1v) is 19.6. The molecule has 10 nitrogen and oxygen atoms in total. The lowest BCUT2D eigenvalue weighted by Crippen LogP contribution is -2.50. The highest BCUT2D eigenvalue weighted by Gasteiger charge is 2.36. The van der Waals surface area contributed by atoms with Crippen LogP contribution in [-0.2, 0) is 16.0 Å². The van der Waals surface area contributed by atoms with Gasteiger partial charge in [0, 0.05) is 49.5 Å². The summed E-state index contributed by atoms with van der Waals surface area (Å²) in [5.74, 6) is -1.25. The van der Waals surface area contributed by atoms with Crippen LogP contribution in [0, 0.1) is 0 Å². The zero-order valence-corrected chi connectivity index (χ0v) is 34.1. The normalized spacial score (nSPS) is 18.4. The molecule has 3 amide bonds. The second-order valence-corrected chi connectivity index (χ2v) is 14.3. The van der Waals surface area contributed by atoms with Crippen LogP contribution in [0.5, 0.6) is 0 Å². The fourth-order valence-electron chi connectivity index (χ4n) is 7.47. The number of hydrogen-bond donors (Lipinski definition) is 2. The molecule has 2 aliphatic heterocycles. The Hall–Kier alpha value is -6.39. The Labute approximate surface area is 340 Å². The first-order valence-electron chi connectivity index (χ1n) is 19.6. The fourth-order valence-corrected chi connectivity index (χ4v) is 7.47. The van der Waals surface area contributed by atoms with E-state index in [9.17, 15) is 29.4 Å². The molecule has 0 fully saturated rings. The number of likely N-dealkylation sites (N-methyl/N-ethyl adjacent to an activating group) is 2. The number of imide groups is 1. The first-order chi connectivity index (χ1) is 27.8. The lowest BCUT2D eigenvalue weighted by atomic mass is 9.81. The molecule has 58 heavy (non-hydrogen) atoms. The highest BCUT2D eigenvalue weighted by molar-refractivity contribution is 6.22. The lowest BCUT2D eigenvalue weighted by Gasteiger charge is -2.31. The molecule has 0 bridgehead atoms. The molecule has 2 N–H and O–H groups in total. The summed E-state index contributed by atoms with van der Waals surface area (Å²) in [6.45, 7) is 24.0. The summed E-state index contributed by atoms with van der Waals surface area (Å²) in [5, 5.41) is 23.4. The molecular formula is C48H53N4O6+. The van der Waals surface area contributed by atoms with Crippen LogP contribution in [0.2, 0.25) is 0 Å². The Bertz CT molecular complexity index is 2410. The molecule has 2 heterocycles. The smallest absolute Gasteiger partial charge is 0.260 e. The quantitative estimate of drug-likeness (QED) is 0.0793. The van der Waals surface area contributed by atoms with Gasteiger partial charge in [-0.1, -0.05) is 80.5 Å². The van der Waals surface area contributed by atoms with Gasteiger partial charge in [0.1, 0.15) is 18.5 Å². The maximum absolute atomic E-state index is 13.4. The predicted molar refractivity (Wildman–Crippen MR) is 230 cm³/mol. The molecule has 2 aromatic rings. The summed E-state index contributed by atoms with van der Waals surface area (Å²) in [6.07, 6.45) is 15.0. The Morgan fingerprint density at radius 3 is 2.36 bits per heavy atom. The Balaban J connectivity index is 1.20. The van der Waals surface area contributed by atoms with E-state index in [1.54, 1.807) is 49.4 Å². The number of carbonyl (C=O) groups is 4. The number of aliphatic hydroxyl groups is 2. The third kappa shape index (κ3) is 8.77. The first kappa shape index (κ1) is 42.7. The zero-order chi connectivity index (χ0) is 42.3. The Kier molecular flexibility index (Phi) is 13.8. The lowest BCUT2D eigenvalue weighted by molar-refractivity contribution is -0.524. The van der Waals surface area contributed by atoms with Crippen LogP contribution in [0.25, 0.3) is 18.2 Å². The minimum absolute atomic E-state index is 0.129. The number of amides is 3. The highest BCUT2D eigenvalue weighted by Crippen LogP contribution is 2.36. The second kappa shape index (κ2) is 18.7. The molecule has 2 aromatic carbocycles. The number of benzene rings is 2. The number of allylic oxidation sites excluding steroid dienone is 10. The van der Waals surface area contributed by atoms with E-state index in [1.165, 1.54) is 9.80 Å². The number of rotatable bonds is 16. The molecule has 0 saturated carbocycles. The van der Waals surface area contributed by atoms with E-state index in [2.05, 4.69) is 24.3 Å². The van der Waals surface area contributed by atoms with E-state index in [1.807, 2.05) is 81.2 Å². The zero-order valence-electron chi connectivity index (χ0n) is 34.1. The number of ketones is 1. The van der Waals surface area contributed by atoms with Gasteiger partial charge in [-0.05, 0) is 84.7 Å². The predicted octanol–water partition coefficient (Wildman–Crippen LogP) is 5.17. The average Bonchev–Trinajstić information content (AvgIpc) is 3.19. The minimum Gasteiger partial charge on any atom is -0.506 e. The number of Topliss-reactive ketones (excluding diaryl/α,β-unsaturated/α-hetero) is 1. The van der Waals surface area contributed by atoms with Gasteiger partial charge in [0.15, 0.2) is 12.3 Å². The van der Waals surface area contributed by atoms with E-state index in [0.29, 0.717) is 65.9 Å². The van der Waals surface area contributed by atoms with E-state index in [4.69, 9.17) is 0 Å². The molecule has 300 valence electrons. The van der Waals surface area contributed by atoms with E-state index in [-0.39, 0.29) is 53.4 Å². The van der Waals surface area contributed by atoms with E-state index in [0.717, 1.165) is 22.1 Å². The third-order valence-corrected chi connectivity index (χ3v) is 10.8. The molecule has 0 spiro atoms. The number of hydrogen-bond acceptors (Lipinski definition) is 7. The van der Waals surface area contributed by atoms with Crippen LogP contribution in [-0.4, -0.2) is 104 Å². The van der Waals surface area contributed by atoms with Gasteiger partial charge < -0.3 is 20.0 Å². The van der Waals surface area contributed by atoms with Gasteiger partial charge in [0.05, 0.1) is 24.1 Å². The highest BCUT2D eigenvalue weighted by atomic mass is 16.3. The van der Waals surface area contributed by atoms with Crippen LogP contribution in [0.1, 0.15) is 66.5 Å². The summed E-state index contributed by atoms with van der Waals surface area (Å²) in [4.78, 5) is 57.7. The SMILES string of the molecule is C=C/C=c1/cccc2c1=CC(O)N(CC[N+](CC)=C(C)/C=C\C(C)=C1/C(=O)C(C(=C)/C=C\C(=C)N(CC)CCN3C(=O)Cc4c(/C=C\C)cccc4C3=O)=C1O)C2=O. The van der Waals surface area contributed by atoms with Crippen molar-refractivity contribution in [3.05, 3.63) is 159 Å². The average molecular weight is 782 g/mol. The van der Waals surface area contributed by atoms with Crippen molar-refractivity contribution in [1.29, 1.82) is 0 Å². The van der Waals surface area contributed by atoms with Gasteiger partial charge in [-0.25, -0.2) is 4.58 Å². The maximum atomic E-state index is 13.4. The number of aliphatic hydroxyl groups excluding tert-OH is 2. The van der Waals surface area contributed by atoms with Gasteiger partial charge in [-0.3, -0.25) is 24.1 Å². The van der Waals surface area contributed by atoms with Crippen LogP contribution < -0.4 is 10.4 Å². The van der Waals surface area contributed by atoms with Crippen LogP contribution in [0.3, 0.4) is 0 Å². The number of fused-ring (bicyclic) bond motifs is 2. The van der Waals surface area contributed by atoms with E-state index >= 15 is 0 Å². The molecule has 0 saturated heterocycles. The molecule has 3 aliphatic rings. The summed E-state index contributed by atoms with van der Waals surface area (Å²) >= 11 is 0. The summed E-state index contributed by atoms with van der Waals surface area (Å²) in [5.41, 5.74) is 5.43. The van der Waals surface area contributed by atoms with Crippen molar-refractivity contribution in [1.82, 2.24) is 14.7 Å². The van der Waals surface area contributed by atoms with Gasteiger partial charge in [0.2, 0.25) is 11.7 Å². The van der Waals surface area contributed by atoms with Crippen molar-refractivity contribution in [2.75, 3.05) is 39.3 Å². The van der Waals surface area contributed by atoms with Gasteiger partial charge >= 0.3 is 0 Å². The molecule has 1 unspecified atom stereocenters. The topological polar surface area (TPSA) is 121 Å². The third-order valence-electron chi connectivity index (χ3n) is 10.8. The van der Waals surface area contributed by atoms with Crippen LogP contribution in [0.15, 0.2) is 126 Å². The van der Waals surface area contributed by atoms with Crippen molar-refractivity contribution >= 4 is 47.4 Å². The second-order valence-electron chi connectivity index (χ2n) is 14.3. The van der Waals surface area contributed by atoms with Crippen molar-refractivity contribution < 1.29 is 34.0 Å². The fraction of sp³-hybridized carbons (Fsp3) is 0.271. The molecule has 0 radical (unpaired) electrons.